The monoisotopic (exact) mass is 472 g/mol. The Kier molecular flexibility index (Phi) is 6.22. The van der Waals surface area contributed by atoms with Gasteiger partial charge < -0.3 is 19.5 Å². The number of aromatic amines is 1. The molecule has 32 heavy (non-hydrogen) atoms. The standard InChI is InChI=1S/C23H26Cl2N6O/c1-15-21(28-14-27-15)16-4-6-30(7-5-16)22-18(17-2-3-19(24)20(25)12-17)13-26-23(29-22)31-8-10-32-11-9-31/h2-3,12-14,16H,4-11H2,1H3,(H,27,28). The Morgan fingerprint density at radius 2 is 1.78 bits per heavy atom. The van der Waals surface area contributed by atoms with Crippen LogP contribution in [0, 0.1) is 6.92 Å². The van der Waals surface area contributed by atoms with Gasteiger partial charge in [-0.3, -0.25) is 0 Å². The van der Waals surface area contributed by atoms with Gasteiger partial charge in [0, 0.05) is 49.6 Å². The fourth-order valence-electron chi connectivity index (χ4n) is 4.53. The van der Waals surface area contributed by atoms with Crippen LogP contribution in [0.4, 0.5) is 11.8 Å². The Labute approximate surface area is 197 Å². The number of halogens is 2. The molecule has 2 aliphatic heterocycles. The summed E-state index contributed by atoms with van der Waals surface area (Å²) in [6.45, 7) is 6.90. The number of piperidine rings is 1. The minimum absolute atomic E-state index is 0.464. The lowest BCUT2D eigenvalue weighted by atomic mass is 9.92. The summed E-state index contributed by atoms with van der Waals surface area (Å²) in [5.74, 6) is 2.15. The maximum atomic E-state index is 6.33. The third kappa shape index (κ3) is 4.29. The summed E-state index contributed by atoms with van der Waals surface area (Å²) < 4.78 is 5.50. The molecule has 0 saturated carbocycles. The van der Waals surface area contributed by atoms with Gasteiger partial charge in [-0.05, 0) is 37.5 Å². The normalized spacial score (nSPS) is 17.7. The van der Waals surface area contributed by atoms with E-state index in [1.54, 1.807) is 6.33 Å². The molecule has 1 aromatic carbocycles. The van der Waals surface area contributed by atoms with Gasteiger partial charge in [-0.25, -0.2) is 9.97 Å². The molecular formula is C23H26Cl2N6O. The number of benzene rings is 1. The molecule has 4 heterocycles. The molecular weight excluding hydrogens is 447 g/mol. The van der Waals surface area contributed by atoms with Gasteiger partial charge in [0.2, 0.25) is 5.95 Å². The molecule has 0 amide bonds. The first-order chi connectivity index (χ1) is 15.6. The number of morpholine rings is 1. The Bertz CT molecular complexity index is 1090. The quantitative estimate of drug-likeness (QED) is 0.593. The first-order valence-electron chi connectivity index (χ1n) is 11.0. The molecule has 7 nitrogen and oxygen atoms in total. The molecule has 0 aliphatic carbocycles. The van der Waals surface area contributed by atoms with Crippen LogP contribution >= 0.6 is 23.2 Å². The van der Waals surface area contributed by atoms with E-state index in [4.69, 9.17) is 37.9 Å². The van der Waals surface area contributed by atoms with Gasteiger partial charge in [0.05, 0.1) is 35.3 Å². The summed E-state index contributed by atoms with van der Waals surface area (Å²) in [4.78, 5) is 22.0. The van der Waals surface area contributed by atoms with E-state index in [2.05, 4.69) is 26.7 Å². The first-order valence-corrected chi connectivity index (χ1v) is 11.8. The van der Waals surface area contributed by atoms with E-state index >= 15 is 0 Å². The molecule has 0 atom stereocenters. The first kappa shape index (κ1) is 21.5. The van der Waals surface area contributed by atoms with Crippen LogP contribution in [0.3, 0.4) is 0 Å². The maximum absolute atomic E-state index is 6.33. The predicted octanol–water partition coefficient (Wildman–Crippen LogP) is 4.70. The molecule has 3 aromatic rings. The van der Waals surface area contributed by atoms with Crippen molar-refractivity contribution in [2.75, 3.05) is 49.2 Å². The highest BCUT2D eigenvalue weighted by molar-refractivity contribution is 6.42. The van der Waals surface area contributed by atoms with Gasteiger partial charge in [0.15, 0.2) is 0 Å². The minimum atomic E-state index is 0.464. The van der Waals surface area contributed by atoms with Crippen molar-refractivity contribution in [1.29, 1.82) is 0 Å². The van der Waals surface area contributed by atoms with Crippen LogP contribution in [0.1, 0.15) is 30.1 Å². The van der Waals surface area contributed by atoms with Crippen molar-refractivity contribution in [2.45, 2.75) is 25.7 Å². The summed E-state index contributed by atoms with van der Waals surface area (Å²) >= 11 is 12.5. The highest BCUT2D eigenvalue weighted by atomic mass is 35.5. The van der Waals surface area contributed by atoms with E-state index in [0.717, 1.165) is 67.6 Å². The van der Waals surface area contributed by atoms with Gasteiger partial charge in [-0.15, -0.1) is 0 Å². The molecule has 1 N–H and O–H groups in total. The van der Waals surface area contributed by atoms with Crippen LogP contribution in [0.25, 0.3) is 11.1 Å². The van der Waals surface area contributed by atoms with Gasteiger partial charge in [-0.2, -0.15) is 4.98 Å². The Hall–Kier alpha value is -2.35. The third-order valence-electron chi connectivity index (χ3n) is 6.33. The third-order valence-corrected chi connectivity index (χ3v) is 7.07. The number of hydrogen-bond donors (Lipinski definition) is 1. The van der Waals surface area contributed by atoms with Crippen molar-refractivity contribution in [3.8, 4) is 11.1 Å². The number of aromatic nitrogens is 4. The SMILES string of the molecule is Cc1[nH]cnc1C1CCN(c2nc(N3CCOCC3)ncc2-c2ccc(Cl)c(Cl)c2)CC1. The number of aryl methyl sites for hydroxylation is 1. The second-order valence-corrected chi connectivity index (χ2v) is 9.12. The Balaban J connectivity index is 1.46. The molecule has 2 aromatic heterocycles. The number of nitrogens with one attached hydrogen (secondary N) is 1. The molecule has 0 spiro atoms. The Morgan fingerprint density at radius 3 is 2.47 bits per heavy atom. The number of ether oxygens (including phenoxy) is 1. The van der Waals surface area contributed by atoms with Crippen LogP contribution in [-0.4, -0.2) is 59.3 Å². The van der Waals surface area contributed by atoms with Crippen molar-refractivity contribution in [3.05, 3.63) is 52.2 Å². The number of H-pyrrole nitrogens is 1. The molecule has 0 unspecified atom stereocenters. The largest absolute Gasteiger partial charge is 0.378 e. The van der Waals surface area contributed by atoms with Crippen LogP contribution < -0.4 is 9.80 Å². The van der Waals surface area contributed by atoms with Crippen molar-refractivity contribution in [3.63, 3.8) is 0 Å². The number of nitrogens with zero attached hydrogens (tertiary/aromatic N) is 5. The van der Waals surface area contributed by atoms with Crippen molar-refractivity contribution >= 4 is 35.0 Å². The van der Waals surface area contributed by atoms with E-state index in [1.165, 1.54) is 5.69 Å². The molecule has 5 rings (SSSR count). The highest BCUT2D eigenvalue weighted by Gasteiger charge is 2.27. The molecule has 2 aliphatic rings. The zero-order chi connectivity index (χ0) is 22.1. The Morgan fingerprint density at radius 1 is 1.00 bits per heavy atom. The van der Waals surface area contributed by atoms with Crippen molar-refractivity contribution in [1.82, 2.24) is 19.9 Å². The smallest absolute Gasteiger partial charge is 0.227 e. The number of imidazole rings is 1. The minimum Gasteiger partial charge on any atom is -0.378 e. The van der Waals surface area contributed by atoms with E-state index in [9.17, 15) is 0 Å². The number of anilines is 2. The van der Waals surface area contributed by atoms with Crippen LogP contribution in [0.2, 0.25) is 10.0 Å². The summed E-state index contributed by atoms with van der Waals surface area (Å²) in [7, 11) is 0. The van der Waals surface area contributed by atoms with Gasteiger partial charge in [0.25, 0.3) is 0 Å². The van der Waals surface area contributed by atoms with Gasteiger partial charge in [0.1, 0.15) is 5.82 Å². The summed E-state index contributed by atoms with van der Waals surface area (Å²) in [6.07, 6.45) is 5.77. The molecule has 2 fully saturated rings. The topological polar surface area (TPSA) is 70.2 Å². The van der Waals surface area contributed by atoms with E-state index < -0.39 is 0 Å². The lowest BCUT2D eigenvalue weighted by Crippen LogP contribution is -2.38. The second kappa shape index (κ2) is 9.25. The zero-order valence-corrected chi connectivity index (χ0v) is 19.5. The average Bonchev–Trinajstić information content (AvgIpc) is 3.27. The zero-order valence-electron chi connectivity index (χ0n) is 18.0. The highest BCUT2D eigenvalue weighted by Crippen LogP contribution is 2.37. The number of hydrogen-bond acceptors (Lipinski definition) is 6. The van der Waals surface area contributed by atoms with Crippen molar-refractivity contribution < 1.29 is 4.74 Å². The van der Waals surface area contributed by atoms with Crippen LogP contribution in [-0.2, 0) is 4.74 Å². The van der Waals surface area contributed by atoms with Gasteiger partial charge >= 0.3 is 0 Å². The fourth-order valence-corrected chi connectivity index (χ4v) is 4.83. The molecule has 9 heteroatoms. The lowest BCUT2D eigenvalue weighted by molar-refractivity contribution is 0.122. The predicted molar refractivity (Wildman–Crippen MR) is 128 cm³/mol. The molecule has 2 saturated heterocycles. The lowest BCUT2D eigenvalue weighted by Gasteiger charge is -2.34. The van der Waals surface area contributed by atoms with Gasteiger partial charge in [-0.1, -0.05) is 29.3 Å². The van der Waals surface area contributed by atoms with E-state index in [1.807, 2.05) is 24.4 Å². The summed E-state index contributed by atoms with van der Waals surface area (Å²) in [5.41, 5.74) is 4.28. The van der Waals surface area contributed by atoms with Crippen LogP contribution in [0.15, 0.2) is 30.7 Å². The average molecular weight is 473 g/mol. The van der Waals surface area contributed by atoms with Crippen LogP contribution in [0.5, 0.6) is 0 Å². The van der Waals surface area contributed by atoms with E-state index in [0.29, 0.717) is 29.2 Å². The van der Waals surface area contributed by atoms with Crippen molar-refractivity contribution in [2.24, 2.45) is 0 Å². The second-order valence-electron chi connectivity index (χ2n) is 8.31. The summed E-state index contributed by atoms with van der Waals surface area (Å²) in [5, 5.41) is 1.07. The number of rotatable bonds is 4. The summed E-state index contributed by atoms with van der Waals surface area (Å²) in [6, 6.07) is 5.69. The fraction of sp³-hybridized carbons (Fsp3) is 0.435. The maximum Gasteiger partial charge on any atom is 0.227 e. The van der Waals surface area contributed by atoms with E-state index in [-0.39, 0.29) is 0 Å². The molecule has 0 radical (unpaired) electrons. The molecule has 0 bridgehead atoms. The molecule has 168 valence electrons.